The summed E-state index contributed by atoms with van der Waals surface area (Å²) in [5.74, 6) is -0.533. The average molecular weight is 471 g/mol. The molecule has 0 aliphatic heterocycles. The van der Waals surface area contributed by atoms with Crippen LogP contribution in [-0.4, -0.2) is 32.1 Å². The summed E-state index contributed by atoms with van der Waals surface area (Å²) in [6, 6.07) is 5.78. The number of nitrogens with zero attached hydrogens (tertiary/aromatic N) is 1. The number of rotatable bonds is 9. The average Bonchev–Trinajstić information content (AvgIpc) is 2.69. The molecule has 0 aliphatic rings. The Morgan fingerprint density at radius 3 is 2.53 bits per heavy atom. The Labute approximate surface area is 185 Å². The molecule has 3 N–H and O–H groups in total. The van der Waals surface area contributed by atoms with Crippen LogP contribution in [0.3, 0.4) is 0 Å². The van der Waals surface area contributed by atoms with Gasteiger partial charge in [0, 0.05) is 30.9 Å². The molecule has 0 radical (unpaired) electrons. The number of nitrogens with one attached hydrogen (secondary N) is 3. The van der Waals surface area contributed by atoms with Gasteiger partial charge in [-0.2, -0.15) is 13.2 Å². The predicted octanol–water partition coefficient (Wildman–Crippen LogP) is 3.93. The smallest absolute Gasteiger partial charge is 0.370 e. The molecule has 32 heavy (non-hydrogen) atoms. The summed E-state index contributed by atoms with van der Waals surface area (Å²) in [4.78, 5) is 16.2. The molecule has 11 heteroatoms. The first kappa shape index (κ1) is 25.2. The lowest BCUT2D eigenvalue weighted by molar-refractivity contribution is -0.137. The van der Waals surface area contributed by atoms with Crippen LogP contribution in [-0.2, 0) is 27.5 Å². The van der Waals surface area contributed by atoms with E-state index in [9.17, 15) is 26.4 Å². The van der Waals surface area contributed by atoms with Crippen molar-refractivity contribution in [2.75, 3.05) is 22.8 Å². The van der Waals surface area contributed by atoms with E-state index < -0.39 is 27.7 Å². The molecule has 2 aromatic rings. The molecule has 0 spiro atoms. The molecule has 7 nitrogen and oxygen atoms in total. The highest BCUT2D eigenvalue weighted by Crippen LogP contribution is 2.35. The van der Waals surface area contributed by atoms with Crippen molar-refractivity contribution in [3.05, 3.63) is 58.8 Å². The molecular weight excluding hydrogens is 445 g/mol. The van der Waals surface area contributed by atoms with Gasteiger partial charge in [0.05, 0.1) is 17.5 Å². The molecule has 0 unspecified atom stereocenters. The number of pyridine rings is 1. The van der Waals surface area contributed by atoms with E-state index in [4.69, 9.17) is 0 Å². The van der Waals surface area contributed by atoms with Crippen molar-refractivity contribution in [1.29, 1.82) is 0 Å². The van der Waals surface area contributed by atoms with Crippen LogP contribution in [0.25, 0.3) is 6.08 Å². The zero-order chi connectivity index (χ0) is 23.9. The lowest BCUT2D eigenvalue weighted by atomic mass is 10.1. The van der Waals surface area contributed by atoms with Gasteiger partial charge in [0.25, 0.3) is 0 Å². The van der Waals surface area contributed by atoms with Gasteiger partial charge in [0.1, 0.15) is 5.82 Å². The van der Waals surface area contributed by atoms with Crippen molar-refractivity contribution in [3.8, 4) is 0 Å². The van der Waals surface area contributed by atoms with Crippen LogP contribution in [0.4, 0.5) is 24.7 Å². The van der Waals surface area contributed by atoms with E-state index >= 15 is 0 Å². The molecule has 0 bridgehead atoms. The van der Waals surface area contributed by atoms with Crippen molar-refractivity contribution >= 4 is 33.5 Å². The molecule has 174 valence electrons. The molecule has 0 fully saturated rings. The molecule has 1 heterocycles. The van der Waals surface area contributed by atoms with Gasteiger partial charge in [0.2, 0.25) is 15.9 Å². The van der Waals surface area contributed by atoms with Gasteiger partial charge >= 0.3 is 6.18 Å². The summed E-state index contributed by atoms with van der Waals surface area (Å²) in [6.45, 7) is 4.13. The van der Waals surface area contributed by atoms with Crippen LogP contribution in [0.5, 0.6) is 0 Å². The number of hydrogen-bond donors (Lipinski definition) is 3. The van der Waals surface area contributed by atoms with Gasteiger partial charge in [-0.25, -0.2) is 13.4 Å². The molecule has 1 aromatic carbocycles. The molecular formula is C21H25F3N4O3S. The Bertz CT molecular complexity index is 1100. The van der Waals surface area contributed by atoms with Crippen LogP contribution in [0.2, 0.25) is 0 Å². The number of hydrogen-bond acceptors (Lipinski definition) is 5. The number of aromatic nitrogens is 1. The van der Waals surface area contributed by atoms with Crippen LogP contribution >= 0.6 is 0 Å². The van der Waals surface area contributed by atoms with Gasteiger partial charge in [0.15, 0.2) is 0 Å². The lowest BCUT2D eigenvalue weighted by Gasteiger charge is -2.14. The van der Waals surface area contributed by atoms with Crippen molar-refractivity contribution in [2.45, 2.75) is 33.0 Å². The van der Waals surface area contributed by atoms with Crippen LogP contribution in [0.15, 0.2) is 36.5 Å². The quantitative estimate of drug-likeness (QED) is 0.482. The summed E-state index contributed by atoms with van der Waals surface area (Å²) >= 11 is 0. The topological polar surface area (TPSA) is 100 Å². The minimum Gasteiger partial charge on any atom is -0.370 e. The third-order valence-corrected chi connectivity index (χ3v) is 4.88. The second kappa shape index (κ2) is 10.5. The van der Waals surface area contributed by atoms with E-state index in [-0.39, 0.29) is 17.9 Å². The zero-order valence-corrected chi connectivity index (χ0v) is 18.7. The number of alkyl halides is 3. The third kappa shape index (κ3) is 7.56. The monoisotopic (exact) mass is 470 g/mol. The minimum atomic E-state index is -4.60. The van der Waals surface area contributed by atoms with Crippen molar-refractivity contribution in [3.63, 3.8) is 0 Å². The number of carbonyl (C=O) groups is 1. The first-order chi connectivity index (χ1) is 14.9. The van der Waals surface area contributed by atoms with E-state index in [2.05, 4.69) is 20.3 Å². The van der Waals surface area contributed by atoms with Crippen molar-refractivity contribution < 1.29 is 26.4 Å². The fraction of sp³-hybridized carbons (Fsp3) is 0.333. The summed E-state index contributed by atoms with van der Waals surface area (Å²) < 4.78 is 65.3. The Balaban J connectivity index is 2.13. The van der Waals surface area contributed by atoms with Crippen molar-refractivity contribution in [1.82, 2.24) is 10.3 Å². The number of aryl methyl sites for hydroxylation is 1. The van der Waals surface area contributed by atoms with Gasteiger partial charge in [-0.3, -0.25) is 9.52 Å². The minimum absolute atomic E-state index is 0.0512. The molecule has 0 aliphatic carbocycles. The van der Waals surface area contributed by atoms with Crippen LogP contribution < -0.4 is 15.4 Å². The molecule has 1 amide bonds. The second-order valence-corrected chi connectivity index (χ2v) is 8.87. The third-order valence-electron chi connectivity index (χ3n) is 4.29. The maximum Gasteiger partial charge on any atom is 0.417 e. The van der Waals surface area contributed by atoms with Gasteiger partial charge in [-0.15, -0.1) is 0 Å². The fourth-order valence-corrected chi connectivity index (χ4v) is 3.46. The number of anilines is 2. The fourth-order valence-electron chi connectivity index (χ4n) is 2.83. The van der Waals surface area contributed by atoms with E-state index in [1.54, 1.807) is 25.1 Å². The molecule has 1 aromatic heterocycles. The zero-order valence-electron chi connectivity index (χ0n) is 17.9. The Hall–Kier alpha value is -3.08. The highest BCUT2D eigenvalue weighted by atomic mass is 32.2. The van der Waals surface area contributed by atoms with Crippen LogP contribution in [0, 0.1) is 6.92 Å². The molecule has 0 saturated heterocycles. The number of amides is 1. The lowest BCUT2D eigenvalue weighted by Crippen LogP contribution is -2.20. The number of benzene rings is 1. The van der Waals surface area contributed by atoms with E-state index in [0.717, 1.165) is 30.7 Å². The molecule has 0 atom stereocenters. The Morgan fingerprint density at radius 1 is 1.22 bits per heavy atom. The van der Waals surface area contributed by atoms with E-state index in [1.165, 1.54) is 0 Å². The molecule has 2 rings (SSSR count). The molecule has 0 saturated carbocycles. The predicted molar refractivity (Wildman–Crippen MR) is 119 cm³/mol. The standard InChI is InChI=1S/C21H25F3N4O3S/c1-4-10-25-20-16(17(9-11-26-20)21(22,23)24)6-8-19(29)27-13-15-5-7-18(14(2)12-15)28-32(3,30)31/h5-9,11-12,28H,4,10,13H2,1-3H3,(H,25,26)(H,27,29)/b8-6-. The van der Waals surface area contributed by atoms with E-state index in [1.807, 2.05) is 6.92 Å². The number of sulfonamides is 1. The highest BCUT2D eigenvalue weighted by Gasteiger charge is 2.34. The van der Waals surface area contributed by atoms with E-state index in [0.29, 0.717) is 29.8 Å². The Kier molecular flexibility index (Phi) is 8.25. The summed E-state index contributed by atoms with van der Waals surface area (Å²) in [6.07, 6.45) is 0.329. The SMILES string of the molecule is CCCNc1nccc(C(F)(F)F)c1/C=C\C(=O)NCc1ccc(NS(C)(=O)=O)c(C)c1. The number of carbonyl (C=O) groups excluding carboxylic acids is 1. The summed E-state index contributed by atoms with van der Waals surface area (Å²) in [5.41, 5.74) is 0.682. The largest absolute Gasteiger partial charge is 0.417 e. The first-order valence-corrected chi connectivity index (χ1v) is 11.6. The maximum absolute atomic E-state index is 13.4. The van der Waals surface area contributed by atoms with Crippen LogP contribution in [0.1, 0.15) is 35.6 Å². The Morgan fingerprint density at radius 2 is 1.94 bits per heavy atom. The summed E-state index contributed by atoms with van der Waals surface area (Å²) in [5, 5.41) is 5.44. The number of halogens is 3. The second-order valence-electron chi connectivity index (χ2n) is 7.12. The normalized spacial score (nSPS) is 12.1. The van der Waals surface area contributed by atoms with Gasteiger partial charge in [-0.1, -0.05) is 19.1 Å². The van der Waals surface area contributed by atoms with Gasteiger partial charge < -0.3 is 10.6 Å². The van der Waals surface area contributed by atoms with Gasteiger partial charge in [-0.05, 0) is 42.7 Å². The summed E-state index contributed by atoms with van der Waals surface area (Å²) in [7, 11) is -3.41. The highest BCUT2D eigenvalue weighted by molar-refractivity contribution is 7.92. The van der Waals surface area contributed by atoms with Crippen molar-refractivity contribution in [2.24, 2.45) is 0 Å². The maximum atomic E-state index is 13.4. The first-order valence-electron chi connectivity index (χ1n) is 9.74.